The normalized spacial score (nSPS) is 13.6. The van der Waals surface area contributed by atoms with Crippen molar-refractivity contribution in [1.82, 2.24) is 9.13 Å². The van der Waals surface area contributed by atoms with E-state index in [0.29, 0.717) is 0 Å². The lowest BCUT2D eigenvalue weighted by Gasteiger charge is -2.34. The van der Waals surface area contributed by atoms with Crippen molar-refractivity contribution >= 4 is 110 Å². The van der Waals surface area contributed by atoms with Gasteiger partial charge in [0.05, 0.1) is 33.4 Å². The first-order valence-electron chi connectivity index (χ1n) is 32.1. The number of nitrogens with zero attached hydrogens (tertiary/aromatic N) is 4. The van der Waals surface area contributed by atoms with E-state index >= 15 is 0 Å². The molecule has 86 heavy (non-hydrogen) atoms. The molecule has 4 heteroatoms. The summed E-state index contributed by atoms with van der Waals surface area (Å²) in [5.41, 5.74) is 26.2. The number of anilines is 6. The van der Waals surface area contributed by atoms with Gasteiger partial charge in [-0.1, -0.05) is 175 Å². The second-order valence-corrected chi connectivity index (χ2v) is 25.3. The number of aromatic nitrogens is 2. The molecule has 0 unspecified atom stereocenters. The van der Waals surface area contributed by atoms with Crippen LogP contribution in [0.3, 0.4) is 0 Å². The van der Waals surface area contributed by atoms with E-state index in [9.17, 15) is 0 Å². The quantitative estimate of drug-likeness (QED) is 0.113. The van der Waals surface area contributed by atoms with Gasteiger partial charge in [-0.05, 0) is 215 Å². The third kappa shape index (κ3) is 8.08. The van der Waals surface area contributed by atoms with Crippen LogP contribution in [0.2, 0.25) is 0 Å². The molecule has 2 aliphatic carbocycles. The van der Waals surface area contributed by atoms with Crippen LogP contribution in [0.1, 0.15) is 124 Å². The Balaban J connectivity index is 1.00. The molecule has 0 bridgehead atoms. The summed E-state index contributed by atoms with van der Waals surface area (Å²) in [5.74, 6) is 0.515. The number of benzene rings is 12. The Morgan fingerprint density at radius 2 is 0.721 bits per heavy atom. The average molecular weight is 1120 g/mol. The Bertz CT molecular complexity index is 4690. The first-order chi connectivity index (χ1) is 42.3. The molecule has 14 aromatic rings. The van der Waals surface area contributed by atoms with Crippen LogP contribution in [0.25, 0.3) is 87.3 Å². The highest BCUT2D eigenvalue weighted by Crippen LogP contribution is 2.54. The Kier molecular flexibility index (Phi) is 12.7. The molecule has 0 saturated heterocycles. The minimum atomic E-state index is 0.258. The SMILES string of the molecule is CCc1ccccc1-n1c2ccccc2c2ccc(N(c3cccc4c3CCCC4)c3cc(C(C)C)c4ccc5c(N(c6ccc7c8ccccc8n(-c8ccccc8CC)c7c6)c6cccc7c6CCCC7)cc(C(C)C)c6ccc3c4c65)cc21. The van der Waals surface area contributed by atoms with Gasteiger partial charge in [0.2, 0.25) is 0 Å². The molecule has 0 N–H and O–H groups in total. The first-order valence-corrected chi connectivity index (χ1v) is 32.1. The molecule has 0 spiro atoms. The molecule has 0 radical (unpaired) electrons. The van der Waals surface area contributed by atoms with Gasteiger partial charge in [0.1, 0.15) is 0 Å². The van der Waals surface area contributed by atoms with Crippen LogP contribution in [0.4, 0.5) is 34.1 Å². The Labute approximate surface area is 505 Å². The second-order valence-electron chi connectivity index (χ2n) is 25.3. The lowest BCUT2D eigenvalue weighted by Crippen LogP contribution is -2.17. The summed E-state index contributed by atoms with van der Waals surface area (Å²) in [6.07, 6.45) is 11.1. The van der Waals surface area contributed by atoms with Gasteiger partial charge in [0.15, 0.2) is 0 Å². The summed E-state index contributed by atoms with van der Waals surface area (Å²) >= 11 is 0. The predicted octanol–water partition coefficient (Wildman–Crippen LogP) is 22.8. The van der Waals surface area contributed by atoms with Crippen molar-refractivity contribution in [3.8, 4) is 11.4 Å². The molecule has 0 fully saturated rings. The standard InChI is InChI=1S/C82H74N4/c1-7-53-23-11-17-33-71(53)85-75-35-19-15-31-61(75)63-41-39-57(47-77(63)85)83(73-37-21-27-55-25-9-13-29-59(55)73)79-49-69(51(3)4)65-44-46-68-80(50-70(52(5)6)66-43-45-67(79)81(65)82(66)68)84(74-38-22-28-56-26-10-14-30-60(56)74)58-40-42-64-62-32-16-20-36-76(62)86(78(64)48-58)72-34-18-12-24-54(72)8-2/h11-12,15-24,27-28,31-52H,7-10,13-14,25-26,29-30H2,1-6H3. The molecule has 12 aromatic carbocycles. The number of fused-ring (bicyclic) bond motifs is 8. The maximum atomic E-state index is 2.69. The monoisotopic (exact) mass is 1110 g/mol. The fourth-order valence-corrected chi connectivity index (χ4v) is 15.9. The van der Waals surface area contributed by atoms with Gasteiger partial charge in [-0.25, -0.2) is 0 Å². The maximum absolute atomic E-state index is 2.69. The van der Waals surface area contributed by atoms with Gasteiger partial charge in [-0.15, -0.1) is 0 Å². The number of hydrogen-bond acceptors (Lipinski definition) is 2. The highest BCUT2D eigenvalue weighted by molar-refractivity contribution is 6.30. The summed E-state index contributed by atoms with van der Waals surface area (Å²) in [7, 11) is 0. The molecule has 0 atom stereocenters. The van der Waals surface area contributed by atoms with Crippen LogP contribution in [-0.2, 0) is 38.5 Å². The van der Waals surface area contributed by atoms with Gasteiger partial charge < -0.3 is 18.9 Å². The van der Waals surface area contributed by atoms with Crippen LogP contribution in [0, 0.1) is 0 Å². The van der Waals surface area contributed by atoms with Crippen molar-refractivity contribution < 1.29 is 0 Å². The van der Waals surface area contributed by atoms with E-state index in [4.69, 9.17) is 0 Å². The van der Waals surface area contributed by atoms with Gasteiger partial charge in [-0.3, -0.25) is 0 Å². The number of aryl methyl sites for hydroxylation is 4. The van der Waals surface area contributed by atoms with E-state index in [2.05, 4.69) is 267 Å². The van der Waals surface area contributed by atoms with Crippen molar-refractivity contribution in [2.24, 2.45) is 0 Å². The molecule has 4 nitrogen and oxygen atoms in total. The van der Waals surface area contributed by atoms with Crippen LogP contribution in [0.15, 0.2) is 206 Å². The van der Waals surface area contributed by atoms with Crippen LogP contribution in [0.5, 0.6) is 0 Å². The molecular formula is C82H74N4. The van der Waals surface area contributed by atoms with E-state index < -0.39 is 0 Å². The molecule has 422 valence electrons. The number of rotatable bonds is 12. The lowest BCUT2D eigenvalue weighted by molar-refractivity contribution is 0.686. The largest absolute Gasteiger partial charge is 0.309 e. The molecular weight excluding hydrogens is 1040 g/mol. The van der Waals surface area contributed by atoms with Crippen molar-refractivity contribution in [2.45, 2.75) is 118 Å². The van der Waals surface area contributed by atoms with E-state index in [1.165, 1.54) is 192 Å². The van der Waals surface area contributed by atoms with E-state index in [0.717, 1.165) is 38.5 Å². The average Bonchev–Trinajstić information content (AvgIpc) is 1.29. The summed E-state index contributed by atoms with van der Waals surface area (Å²) in [6.45, 7) is 14.2. The molecule has 0 saturated carbocycles. The predicted molar refractivity (Wildman–Crippen MR) is 368 cm³/mol. The smallest absolute Gasteiger partial charge is 0.0562 e. The first kappa shape index (κ1) is 52.4. The molecule has 2 heterocycles. The highest BCUT2D eigenvalue weighted by Gasteiger charge is 2.30. The van der Waals surface area contributed by atoms with Crippen molar-refractivity contribution in [3.63, 3.8) is 0 Å². The number of hydrogen-bond donors (Lipinski definition) is 0. The minimum absolute atomic E-state index is 0.258. The zero-order valence-corrected chi connectivity index (χ0v) is 50.6. The minimum Gasteiger partial charge on any atom is -0.309 e. The maximum Gasteiger partial charge on any atom is 0.0562 e. The van der Waals surface area contributed by atoms with E-state index in [1.807, 2.05) is 0 Å². The van der Waals surface area contributed by atoms with E-state index in [-0.39, 0.29) is 11.8 Å². The Morgan fingerprint density at radius 1 is 0.337 bits per heavy atom. The summed E-state index contributed by atoms with van der Waals surface area (Å²) in [6, 6.07) is 80.2. The molecule has 16 rings (SSSR count). The van der Waals surface area contributed by atoms with Crippen LogP contribution >= 0.6 is 0 Å². The zero-order chi connectivity index (χ0) is 57.9. The molecule has 0 aliphatic heterocycles. The summed E-state index contributed by atoms with van der Waals surface area (Å²) in [4.78, 5) is 5.37. The number of para-hydroxylation sites is 4. The van der Waals surface area contributed by atoms with Gasteiger partial charge >= 0.3 is 0 Å². The van der Waals surface area contributed by atoms with Crippen LogP contribution < -0.4 is 9.80 Å². The van der Waals surface area contributed by atoms with Gasteiger partial charge in [0.25, 0.3) is 0 Å². The molecule has 2 aromatic heterocycles. The topological polar surface area (TPSA) is 16.3 Å². The lowest BCUT2D eigenvalue weighted by atomic mass is 9.83. The van der Waals surface area contributed by atoms with Crippen molar-refractivity contribution in [2.75, 3.05) is 9.80 Å². The fourth-order valence-electron chi connectivity index (χ4n) is 15.9. The molecule has 0 amide bonds. The molecule has 2 aliphatic rings. The third-order valence-electron chi connectivity index (χ3n) is 19.9. The zero-order valence-electron chi connectivity index (χ0n) is 50.6. The highest BCUT2D eigenvalue weighted by atomic mass is 15.2. The van der Waals surface area contributed by atoms with Crippen LogP contribution in [-0.4, -0.2) is 9.13 Å². The fraction of sp³-hybridized carbons (Fsp3) is 0.220. The summed E-state index contributed by atoms with van der Waals surface area (Å²) < 4.78 is 5.09. The summed E-state index contributed by atoms with van der Waals surface area (Å²) in [5, 5.41) is 13.1. The Hall–Kier alpha value is -9.12. The third-order valence-corrected chi connectivity index (χ3v) is 19.9. The van der Waals surface area contributed by atoms with Crippen molar-refractivity contribution in [3.05, 3.63) is 251 Å². The van der Waals surface area contributed by atoms with E-state index in [1.54, 1.807) is 0 Å². The van der Waals surface area contributed by atoms with Gasteiger partial charge in [0, 0.05) is 66.4 Å². The Morgan fingerprint density at radius 3 is 1.16 bits per heavy atom. The van der Waals surface area contributed by atoms with Gasteiger partial charge in [-0.2, -0.15) is 0 Å². The van der Waals surface area contributed by atoms with Crippen molar-refractivity contribution in [1.29, 1.82) is 0 Å². The second kappa shape index (κ2) is 20.8.